The Hall–Kier alpha value is -1.02. The van der Waals surface area contributed by atoms with Gasteiger partial charge >= 0.3 is 5.97 Å². The molecule has 0 heterocycles. The number of ketones is 1. The van der Waals surface area contributed by atoms with Crippen molar-refractivity contribution in [2.75, 3.05) is 12.4 Å². The smallest absolute Gasteiger partial charge is 0.364 e. The third kappa shape index (κ3) is 5.17. The molecule has 0 N–H and O–H groups in total. The first-order chi connectivity index (χ1) is 7.56. The van der Waals surface area contributed by atoms with Crippen LogP contribution in [0.5, 0.6) is 0 Å². The fourth-order valence-electron chi connectivity index (χ4n) is 0.687. The van der Waals surface area contributed by atoms with Crippen LogP contribution in [0.4, 0.5) is 0 Å². The number of alkyl halides is 1. The molecule has 0 aromatic rings. The van der Waals surface area contributed by atoms with E-state index in [1.54, 1.807) is 0 Å². The SMILES string of the molecule is CO/N=C(/C(=O)CBr)C(=O)OC(C)C=S=O. The van der Waals surface area contributed by atoms with Gasteiger partial charge in [0.1, 0.15) is 13.2 Å². The Morgan fingerprint density at radius 2 is 2.19 bits per heavy atom. The lowest BCUT2D eigenvalue weighted by Gasteiger charge is -2.07. The summed E-state index contributed by atoms with van der Waals surface area (Å²) in [6, 6.07) is 0. The molecule has 0 rings (SSSR count). The molecule has 0 aliphatic rings. The van der Waals surface area contributed by atoms with Crippen LogP contribution in [0.3, 0.4) is 0 Å². The monoisotopic (exact) mass is 311 g/mol. The van der Waals surface area contributed by atoms with Gasteiger partial charge in [0, 0.05) is 5.37 Å². The lowest BCUT2D eigenvalue weighted by atomic mass is 10.3. The van der Waals surface area contributed by atoms with E-state index in [4.69, 9.17) is 4.74 Å². The highest BCUT2D eigenvalue weighted by Crippen LogP contribution is 1.96. The maximum absolute atomic E-state index is 11.4. The van der Waals surface area contributed by atoms with Gasteiger partial charge in [0.25, 0.3) is 0 Å². The fourth-order valence-corrected chi connectivity index (χ4v) is 1.16. The van der Waals surface area contributed by atoms with Gasteiger partial charge in [-0.1, -0.05) is 21.1 Å². The Labute approximate surface area is 104 Å². The molecule has 0 amide bonds. The van der Waals surface area contributed by atoms with Crippen LogP contribution in [0, 0.1) is 0 Å². The second kappa shape index (κ2) is 8.17. The van der Waals surface area contributed by atoms with Gasteiger partial charge in [0.2, 0.25) is 11.5 Å². The molecule has 0 aliphatic heterocycles. The summed E-state index contributed by atoms with van der Waals surface area (Å²) < 4.78 is 14.9. The highest BCUT2D eigenvalue weighted by Gasteiger charge is 2.23. The molecule has 90 valence electrons. The van der Waals surface area contributed by atoms with Gasteiger partial charge in [-0.25, -0.2) is 9.00 Å². The van der Waals surface area contributed by atoms with Gasteiger partial charge in [-0.05, 0) is 6.92 Å². The number of ether oxygens (including phenoxy) is 1. The molecule has 0 spiro atoms. The molecule has 0 saturated heterocycles. The van der Waals surface area contributed by atoms with E-state index in [1.165, 1.54) is 19.4 Å². The molecular formula is C8H10BrNO5S. The molecule has 6 nitrogen and oxygen atoms in total. The second-order valence-corrected chi connectivity index (χ2v) is 3.55. The number of carbonyl (C=O) groups is 2. The third-order valence-corrected chi connectivity index (χ3v) is 2.31. The van der Waals surface area contributed by atoms with Crippen molar-refractivity contribution < 1.29 is 23.4 Å². The van der Waals surface area contributed by atoms with Crippen molar-refractivity contribution in [3.8, 4) is 0 Å². The Kier molecular flexibility index (Phi) is 7.65. The molecule has 0 bridgehead atoms. The van der Waals surface area contributed by atoms with Crippen molar-refractivity contribution in [1.29, 1.82) is 0 Å². The molecule has 16 heavy (non-hydrogen) atoms. The Bertz CT molecular complexity index is 350. The normalized spacial score (nSPS) is 12.6. The number of hydrogen-bond donors (Lipinski definition) is 0. The zero-order valence-electron chi connectivity index (χ0n) is 8.64. The maximum Gasteiger partial charge on any atom is 0.364 e. The standard InChI is InChI=1S/C8H10BrNO5S/c1-5(4-16-13)15-8(12)7(10-14-2)6(11)3-9/h4-5H,3H2,1-2H3/b10-7-. The Morgan fingerprint density at radius 1 is 1.56 bits per heavy atom. The highest BCUT2D eigenvalue weighted by atomic mass is 79.9. The molecule has 1 unspecified atom stereocenters. The molecular weight excluding hydrogens is 302 g/mol. The molecule has 0 aliphatic carbocycles. The number of oxime groups is 1. The first kappa shape index (κ1) is 15.0. The van der Waals surface area contributed by atoms with Crippen molar-refractivity contribution in [3.05, 3.63) is 0 Å². The average molecular weight is 312 g/mol. The topological polar surface area (TPSA) is 82.0 Å². The van der Waals surface area contributed by atoms with Crippen LogP contribution in [0.1, 0.15) is 6.92 Å². The first-order valence-electron chi connectivity index (χ1n) is 4.10. The molecule has 0 fully saturated rings. The number of halogens is 1. The van der Waals surface area contributed by atoms with Gasteiger partial charge in [0.05, 0.1) is 16.6 Å². The number of esters is 1. The first-order valence-corrected chi connectivity index (χ1v) is 6.02. The minimum absolute atomic E-state index is 0.0707. The summed E-state index contributed by atoms with van der Waals surface area (Å²) in [5.41, 5.74) is -0.449. The predicted molar refractivity (Wildman–Crippen MR) is 63.0 cm³/mol. The average Bonchev–Trinajstić information content (AvgIpc) is 2.24. The minimum atomic E-state index is -0.927. The van der Waals surface area contributed by atoms with Gasteiger partial charge in [-0.2, -0.15) is 0 Å². The van der Waals surface area contributed by atoms with E-state index in [0.717, 1.165) is 0 Å². The molecule has 0 aromatic heterocycles. The molecule has 0 saturated carbocycles. The van der Waals surface area contributed by atoms with E-state index in [-0.39, 0.29) is 16.6 Å². The summed E-state index contributed by atoms with van der Waals surface area (Å²) in [7, 11) is 1.21. The van der Waals surface area contributed by atoms with Gasteiger partial charge in [0.15, 0.2) is 0 Å². The van der Waals surface area contributed by atoms with Crippen LogP contribution in [0.2, 0.25) is 0 Å². The number of nitrogens with zero attached hydrogens (tertiary/aromatic N) is 1. The summed E-state index contributed by atoms with van der Waals surface area (Å²) >= 11 is 3.07. The van der Waals surface area contributed by atoms with E-state index in [1.807, 2.05) is 0 Å². The van der Waals surface area contributed by atoms with Gasteiger partial charge in [-0.3, -0.25) is 4.79 Å². The van der Waals surface area contributed by atoms with Crippen LogP contribution < -0.4 is 0 Å². The van der Waals surface area contributed by atoms with E-state index in [2.05, 4.69) is 25.9 Å². The fraction of sp³-hybridized carbons (Fsp3) is 0.500. The second-order valence-electron chi connectivity index (χ2n) is 2.52. The van der Waals surface area contributed by atoms with Crippen molar-refractivity contribution in [1.82, 2.24) is 0 Å². The number of rotatable bonds is 6. The zero-order chi connectivity index (χ0) is 12.6. The highest BCUT2D eigenvalue weighted by molar-refractivity contribution is 9.09. The van der Waals surface area contributed by atoms with E-state index < -0.39 is 23.6 Å². The van der Waals surface area contributed by atoms with Crippen LogP contribution in [-0.4, -0.2) is 45.6 Å². The number of carbonyl (C=O) groups excluding carboxylic acids is 2. The third-order valence-electron chi connectivity index (χ3n) is 1.30. The predicted octanol–water partition coefficient (Wildman–Crippen LogP) is -0.100. The van der Waals surface area contributed by atoms with Gasteiger partial charge in [-0.15, -0.1) is 0 Å². The van der Waals surface area contributed by atoms with E-state index >= 15 is 0 Å². The van der Waals surface area contributed by atoms with Crippen molar-refractivity contribution in [2.45, 2.75) is 13.0 Å². The van der Waals surface area contributed by atoms with Crippen LogP contribution in [0.25, 0.3) is 0 Å². The molecule has 1 atom stereocenters. The van der Waals surface area contributed by atoms with Crippen LogP contribution in [0.15, 0.2) is 5.16 Å². The largest absolute Gasteiger partial charge is 0.453 e. The number of hydrogen-bond acceptors (Lipinski definition) is 6. The summed E-state index contributed by atoms with van der Waals surface area (Å²) in [6.07, 6.45) is -0.708. The minimum Gasteiger partial charge on any atom is -0.453 e. The van der Waals surface area contributed by atoms with E-state index in [9.17, 15) is 13.8 Å². The quantitative estimate of drug-likeness (QED) is 0.171. The summed E-state index contributed by atoms with van der Waals surface area (Å²) in [6.45, 7) is 1.49. The summed E-state index contributed by atoms with van der Waals surface area (Å²) in [5, 5.41) is 4.37. The molecule has 8 heteroatoms. The molecule has 0 radical (unpaired) electrons. The lowest BCUT2D eigenvalue weighted by Crippen LogP contribution is -2.30. The zero-order valence-corrected chi connectivity index (χ0v) is 11.0. The van der Waals surface area contributed by atoms with Crippen molar-refractivity contribution in [3.63, 3.8) is 0 Å². The van der Waals surface area contributed by atoms with Crippen LogP contribution >= 0.6 is 15.9 Å². The Morgan fingerprint density at radius 3 is 2.62 bits per heavy atom. The maximum atomic E-state index is 11.4. The lowest BCUT2D eigenvalue weighted by molar-refractivity contribution is -0.137. The van der Waals surface area contributed by atoms with Gasteiger partial charge < -0.3 is 9.57 Å². The Balaban J connectivity index is 4.70. The summed E-state index contributed by atoms with van der Waals surface area (Å²) in [4.78, 5) is 27.0. The summed E-state index contributed by atoms with van der Waals surface area (Å²) in [5.74, 6) is -1.49. The molecule has 0 aromatic carbocycles. The number of Topliss-reactive ketones (excluding diaryl/α,β-unsaturated/α-hetero) is 1. The van der Waals surface area contributed by atoms with Crippen molar-refractivity contribution in [2.24, 2.45) is 5.16 Å². The van der Waals surface area contributed by atoms with Crippen molar-refractivity contribution >= 4 is 50.0 Å². The van der Waals surface area contributed by atoms with E-state index in [0.29, 0.717) is 0 Å². The van der Waals surface area contributed by atoms with Crippen LogP contribution in [-0.2, 0) is 30.4 Å².